The Morgan fingerprint density at radius 1 is 1.33 bits per heavy atom. The van der Waals surface area contributed by atoms with Gasteiger partial charge in [-0.3, -0.25) is 4.55 Å². The molecule has 1 aromatic carbocycles. The summed E-state index contributed by atoms with van der Waals surface area (Å²) in [5, 5.41) is 3.00. The van der Waals surface area contributed by atoms with Gasteiger partial charge in [-0.25, -0.2) is 0 Å². The van der Waals surface area contributed by atoms with Crippen LogP contribution in [0.1, 0.15) is 12.0 Å². The number of nitrogens with one attached hydrogen (secondary N) is 1. The highest BCUT2D eigenvalue weighted by atomic mass is 35.5. The molecule has 1 aliphatic heterocycles. The maximum atomic E-state index is 11.0. The third-order valence-electron chi connectivity index (χ3n) is 2.32. The zero-order valence-electron chi connectivity index (χ0n) is 7.93. The Morgan fingerprint density at radius 2 is 2.07 bits per heavy atom. The molecule has 0 bridgehead atoms. The molecule has 0 atom stereocenters. The zero-order chi connectivity index (χ0) is 10.2. The van der Waals surface area contributed by atoms with E-state index in [2.05, 4.69) is 5.32 Å². The summed E-state index contributed by atoms with van der Waals surface area (Å²) in [5.41, 5.74) is 1.51. The fraction of sp³-hybridized carbons (Fsp3) is 0.333. The van der Waals surface area contributed by atoms with Crippen LogP contribution in [-0.4, -0.2) is 19.5 Å². The summed E-state index contributed by atoms with van der Waals surface area (Å²) in [6.07, 6.45) is 1.84. The summed E-state index contributed by atoms with van der Waals surface area (Å²) in [6, 6.07) is 4.93. The lowest BCUT2D eigenvalue weighted by molar-refractivity contribution is 0.483. The van der Waals surface area contributed by atoms with E-state index in [0.29, 0.717) is 5.69 Å². The highest BCUT2D eigenvalue weighted by Crippen LogP contribution is 2.28. The smallest absolute Gasteiger partial charge is 0.296 e. The molecule has 0 spiro atoms. The molecular weight excluding hydrogens is 238 g/mol. The summed E-state index contributed by atoms with van der Waals surface area (Å²) in [7, 11) is -4.11. The van der Waals surface area contributed by atoms with Crippen molar-refractivity contribution in [1.29, 1.82) is 0 Å². The summed E-state index contributed by atoms with van der Waals surface area (Å²) in [6.45, 7) is 0.750. The van der Waals surface area contributed by atoms with Crippen molar-refractivity contribution in [2.45, 2.75) is 17.7 Å². The number of anilines is 1. The fourth-order valence-electron chi connectivity index (χ4n) is 1.69. The van der Waals surface area contributed by atoms with Gasteiger partial charge in [-0.05, 0) is 24.5 Å². The molecule has 84 valence electrons. The normalized spacial score (nSPS) is 14.7. The zero-order valence-corrected chi connectivity index (χ0v) is 9.57. The maximum Gasteiger partial charge on any atom is 0.296 e. The molecule has 0 saturated heterocycles. The minimum Gasteiger partial charge on any atom is -0.384 e. The Bertz CT molecular complexity index is 458. The standard InChI is InChI=1S/C9H11NO3S.ClH/c11-14(12,13)8-5-1-3-7-4-2-6-10-9(7)8;/h1,3,5,10H,2,4,6H2,(H,11,12,13);1H. The Kier molecular flexibility index (Phi) is 3.59. The van der Waals surface area contributed by atoms with Crippen LogP contribution in [0.5, 0.6) is 0 Å². The second kappa shape index (κ2) is 4.38. The third kappa shape index (κ3) is 2.42. The molecule has 0 aliphatic carbocycles. The van der Waals surface area contributed by atoms with Crippen molar-refractivity contribution in [3.05, 3.63) is 23.8 Å². The molecule has 0 saturated carbocycles. The monoisotopic (exact) mass is 249 g/mol. The van der Waals surface area contributed by atoms with Crippen molar-refractivity contribution in [1.82, 2.24) is 0 Å². The lowest BCUT2D eigenvalue weighted by Gasteiger charge is -2.19. The van der Waals surface area contributed by atoms with Gasteiger partial charge in [0.2, 0.25) is 0 Å². The number of halogens is 1. The highest BCUT2D eigenvalue weighted by molar-refractivity contribution is 7.86. The first-order valence-corrected chi connectivity index (χ1v) is 5.86. The van der Waals surface area contributed by atoms with Crippen LogP contribution in [0.25, 0.3) is 0 Å². The third-order valence-corrected chi connectivity index (χ3v) is 3.21. The van der Waals surface area contributed by atoms with Crippen molar-refractivity contribution in [2.24, 2.45) is 0 Å². The number of hydrogen-bond donors (Lipinski definition) is 2. The molecule has 2 rings (SSSR count). The number of hydrogen-bond acceptors (Lipinski definition) is 3. The fourth-order valence-corrected chi connectivity index (χ4v) is 2.40. The molecule has 4 nitrogen and oxygen atoms in total. The molecule has 1 heterocycles. The Morgan fingerprint density at radius 3 is 2.73 bits per heavy atom. The largest absolute Gasteiger partial charge is 0.384 e. The van der Waals surface area contributed by atoms with Crippen molar-refractivity contribution in [3.63, 3.8) is 0 Å². The van der Waals surface area contributed by atoms with Crippen LogP contribution in [0.2, 0.25) is 0 Å². The van der Waals surface area contributed by atoms with Gasteiger partial charge in [0, 0.05) is 6.54 Å². The van der Waals surface area contributed by atoms with E-state index in [1.165, 1.54) is 6.07 Å². The molecule has 15 heavy (non-hydrogen) atoms. The van der Waals surface area contributed by atoms with E-state index < -0.39 is 10.1 Å². The molecule has 6 heteroatoms. The predicted octanol–water partition coefficient (Wildman–Crippen LogP) is 1.71. The maximum absolute atomic E-state index is 11.0. The van der Waals surface area contributed by atoms with Gasteiger partial charge in [-0.2, -0.15) is 8.42 Å². The van der Waals surface area contributed by atoms with E-state index in [9.17, 15) is 8.42 Å². The van der Waals surface area contributed by atoms with Crippen LogP contribution in [0, 0.1) is 0 Å². The first kappa shape index (κ1) is 12.3. The van der Waals surface area contributed by atoms with E-state index in [1.54, 1.807) is 6.07 Å². The van der Waals surface area contributed by atoms with Gasteiger partial charge in [0.15, 0.2) is 0 Å². The molecule has 1 aliphatic rings. The summed E-state index contributed by atoms with van der Waals surface area (Å²) >= 11 is 0. The average Bonchev–Trinajstić information content (AvgIpc) is 2.15. The van der Waals surface area contributed by atoms with Crippen LogP contribution >= 0.6 is 12.4 Å². The molecule has 0 aromatic heterocycles. The Hall–Kier alpha value is -0.780. The van der Waals surface area contributed by atoms with Gasteiger partial charge < -0.3 is 5.32 Å². The quantitative estimate of drug-likeness (QED) is 0.744. The van der Waals surface area contributed by atoms with Gasteiger partial charge in [0.1, 0.15) is 4.90 Å². The Labute approximate surface area is 94.9 Å². The van der Waals surface area contributed by atoms with Crippen molar-refractivity contribution in [2.75, 3.05) is 11.9 Å². The Balaban J connectivity index is 0.00000112. The highest BCUT2D eigenvalue weighted by Gasteiger charge is 2.19. The SMILES string of the molecule is Cl.O=S(=O)(O)c1cccc2c1NCCC2. The summed E-state index contributed by atoms with van der Waals surface area (Å²) in [5.74, 6) is 0. The minimum atomic E-state index is -4.11. The second-order valence-electron chi connectivity index (χ2n) is 3.30. The molecule has 0 fully saturated rings. The van der Waals surface area contributed by atoms with Crippen LogP contribution in [-0.2, 0) is 16.5 Å². The molecule has 0 unspecified atom stereocenters. The summed E-state index contributed by atoms with van der Waals surface area (Å²) in [4.78, 5) is -0.0188. The number of rotatable bonds is 1. The number of aryl methyl sites for hydroxylation is 1. The first-order chi connectivity index (χ1) is 6.59. The van der Waals surface area contributed by atoms with Crippen molar-refractivity contribution >= 4 is 28.2 Å². The van der Waals surface area contributed by atoms with Crippen molar-refractivity contribution in [3.8, 4) is 0 Å². The van der Waals surface area contributed by atoms with E-state index in [4.69, 9.17) is 4.55 Å². The van der Waals surface area contributed by atoms with Gasteiger partial charge in [-0.15, -0.1) is 12.4 Å². The van der Waals surface area contributed by atoms with Gasteiger partial charge in [-0.1, -0.05) is 12.1 Å². The lowest BCUT2D eigenvalue weighted by Crippen LogP contribution is -2.15. The number of para-hydroxylation sites is 1. The molecule has 1 aromatic rings. The van der Waals surface area contributed by atoms with E-state index in [0.717, 1.165) is 24.9 Å². The molecule has 0 amide bonds. The molecule has 0 radical (unpaired) electrons. The second-order valence-corrected chi connectivity index (χ2v) is 4.69. The molecule has 2 N–H and O–H groups in total. The topological polar surface area (TPSA) is 66.4 Å². The first-order valence-electron chi connectivity index (χ1n) is 4.42. The van der Waals surface area contributed by atoms with Crippen LogP contribution < -0.4 is 5.32 Å². The van der Waals surface area contributed by atoms with Crippen molar-refractivity contribution < 1.29 is 13.0 Å². The van der Waals surface area contributed by atoms with Crippen LogP contribution in [0.4, 0.5) is 5.69 Å². The van der Waals surface area contributed by atoms with Gasteiger partial charge in [0.25, 0.3) is 10.1 Å². The summed E-state index contributed by atoms with van der Waals surface area (Å²) < 4.78 is 31.0. The van der Waals surface area contributed by atoms with Crippen LogP contribution in [0.3, 0.4) is 0 Å². The lowest BCUT2D eigenvalue weighted by atomic mass is 10.0. The van der Waals surface area contributed by atoms with E-state index in [1.807, 2.05) is 6.07 Å². The predicted molar refractivity (Wildman–Crippen MR) is 60.3 cm³/mol. The van der Waals surface area contributed by atoms with Crippen LogP contribution in [0.15, 0.2) is 23.1 Å². The van der Waals surface area contributed by atoms with E-state index >= 15 is 0 Å². The van der Waals surface area contributed by atoms with Gasteiger partial charge >= 0.3 is 0 Å². The minimum absolute atomic E-state index is 0. The average molecular weight is 250 g/mol. The van der Waals surface area contributed by atoms with E-state index in [-0.39, 0.29) is 17.3 Å². The number of benzene rings is 1. The number of fused-ring (bicyclic) bond motifs is 1. The molecular formula is C9H12ClNO3S. The van der Waals surface area contributed by atoms with Gasteiger partial charge in [0.05, 0.1) is 5.69 Å².